The van der Waals surface area contributed by atoms with Crippen LogP contribution in [0.2, 0.25) is 0 Å². The SMILES string of the molecule is C=CCCC(=O)NC[C@@H](OC(=O)[C@H]1[C@@H]2O[C@@]3(CC2Br)[C@@H]1C(=O)N(CCCCCO)[C@@H]3C(=O)N(CC=C)C(C)C)c1ccccc1. The molecule has 2 bridgehead atoms. The summed E-state index contributed by atoms with van der Waals surface area (Å²) in [6, 6.07) is 8.09. The molecule has 0 saturated carbocycles. The minimum atomic E-state index is -1.21. The summed E-state index contributed by atoms with van der Waals surface area (Å²) in [5.74, 6) is -3.15. The van der Waals surface area contributed by atoms with Gasteiger partial charge >= 0.3 is 5.97 Å². The zero-order chi connectivity index (χ0) is 32.7. The highest BCUT2D eigenvalue weighted by Gasteiger charge is 2.77. The first-order valence-corrected chi connectivity index (χ1v) is 16.8. The number of aliphatic hydroxyl groups is 1. The molecule has 3 saturated heterocycles. The monoisotopic (exact) mass is 687 g/mol. The maximum absolute atomic E-state index is 14.3. The van der Waals surface area contributed by atoms with Crippen molar-refractivity contribution in [2.75, 3.05) is 26.2 Å². The second kappa shape index (κ2) is 15.5. The summed E-state index contributed by atoms with van der Waals surface area (Å²) in [4.78, 5) is 58.2. The van der Waals surface area contributed by atoms with Crippen LogP contribution in [0.1, 0.15) is 64.0 Å². The van der Waals surface area contributed by atoms with Gasteiger partial charge in [0.15, 0.2) is 0 Å². The lowest BCUT2D eigenvalue weighted by Crippen LogP contribution is -2.58. The maximum Gasteiger partial charge on any atom is 0.313 e. The molecule has 1 aromatic rings. The molecule has 2 N–H and O–H groups in total. The van der Waals surface area contributed by atoms with Crippen LogP contribution in [0, 0.1) is 11.8 Å². The Balaban J connectivity index is 1.65. The quantitative estimate of drug-likeness (QED) is 0.111. The van der Waals surface area contributed by atoms with E-state index < -0.39 is 41.7 Å². The van der Waals surface area contributed by atoms with Gasteiger partial charge < -0.3 is 29.7 Å². The highest BCUT2D eigenvalue weighted by atomic mass is 79.9. The van der Waals surface area contributed by atoms with Crippen molar-refractivity contribution >= 4 is 39.6 Å². The van der Waals surface area contributed by atoms with Crippen LogP contribution in [0.15, 0.2) is 55.6 Å². The number of halogens is 1. The molecule has 246 valence electrons. The van der Waals surface area contributed by atoms with Gasteiger partial charge in [0, 0.05) is 37.0 Å². The molecule has 1 spiro atoms. The van der Waals surface area contributed by atoms with E-state index in [1.165, 1.54) is 0 Å². The van der Waals surface area contributed by atoms with Gasteiger partial charge in [0.05, 0.1) is 24.5 Å². The molecule has 11 heteroatoms. The lowest BCUT2D eigenvalue weighted by molar-refractivity contribution is -0.160. The standard InChI is InChI=1S/C34H46BrN3O7/c1-5-7-16-26(40)36-21-25(23-14-10-8-11-15-23)44-33(43)27-28-31(41)38(18-12-9-13-19-39)30(32(42)37(17-6-2)22(3)4)34(28)20-24(35)29(27)45-34/h5-6,8,10-11,14-15,22,24-25,27-30,39H,1-2,7,9,12-13,16-21H2,3-4H3,(H,36,40)/t24?,25-,27-,28+,29-,30-,34+/m1/s1. The van der Waals surface area contributed by atoms with Crippen molar-refractivity contribution in [3.63, 3.8) is 0 Å². The smallest absolute Gasteiger partial charge is 0.313 e. The molecule has 3 heterocycles. The van der Waals surface area contributed by atoms with Crippen LogP contribution in [0.5, 0.6) is 0 Å². The number of carbonyl (C=O) groups is 4. The average molecular weight is 689 g/mol. The number of allylic oxidation sites excluding steroid dienone is 1. The van der Waals surface area contributed by atoms with Crippen molar-refractivity contribution in [3.05, 3.63) is 61.2 Å². The Bertz CT molecular complexity index is 1240. The number of alkyl halides is 1. The highest BCUT2D eigenvalue weighted by molar-refractivity contribution is 9.09. The van der Waals surface area contributed by atoms with Crippen LogP contribution < -0.4 is 5.32 Å². The summed E-state index contributed by atoms with van der Waals surface area (Å²) in [5.41, 5.74) is -0.499. The van der Waals surface area contributed by atoms with Crippen LogP contribution >= 0.6 is 15.9 Å². The van der Waals surface area contributed by atoms with E-state index >= 15 is 0 Å². The number of nitrogens with zero attached hydrogens (tertiary/aromatic N) is 2. The van der Waals surface area contributed by atoms with Gasteiger partial charge in [0.25, 0.3) is 0 Å². The minimum absolute atomic E-state index is 0.0462. The number of fused-ring (bicyclic) bond motifs is 1. The number of likely N-dealkylation sites (tertiary alicyclic amines) is 1. The van der Waals surface area contributed by atoms with E-state index in [0.29, 0.717) is 50.8 Å². The van der Waals surface area contributed by atoms with Crippen molar-refractivity contribution in [1.82, 2.24) is 15.1 Å². The molecule has 0 aromatic heterocycles. The molecule has 3 amide bonds. The maximum atomic E-state index is 14.3. The Morgan fingerprint density at radius 3 is 2.58 bits per heavy atom. The Hall–Kier alpha value is -3.02. The first kappa shape index (κ1) is 34.8. The molecule has 1 aromatic carbocycles. The topological polar surface area (TPSA) is 125 Å². The van der Waals surface area contributed by atoms with Crippen LogP contribution in [0.3, 0.4) is 0 Å². The summed E-state index contributed by atoms with van der Waals surface area (Å²) in [5, 5.41) is 12.1. The van der Waals surface area contributed by atoms with Gasteiger partial charge in [0.1, 0.15) is 17.7 Å². The first-order chi connectivity index (χ1) is 21.6. The Kier molecular flexibility index (Phi) is 12.0. The molecule has 45 heavy (non-hydrogen) atoms. The second-order valence-corrected chi connectivity index (χ2v) is 13.5. The van der Waals surface area contributed by atoms with Gasteiger partial charge in [-0.25, -0.2) is 0 Å². The third-order valence-corrected chi connectivity index (χ3v) is 9.92. The number of esters is 1. The lowest BCUT2D eigenvalue weighted by Gasteiger charge is -2.38. The second-order valence-electron chi connectivity index (χ2n) is 12.3. The lowest BCUT2D eigenvalue weighted by atomic mass is 9.70. The van der Waals surface area contributed by atoms with Gasteiger partial charge in [-0.2, -0.15) is 0 Å². The number of unbranched alkanes of at least 4 members (excludes halogenated alkanes) is 2. The summed E-state index contributed by atoms with van der Waals surface area (Å²) >= 11 is 3.71. The van der Waals surface area contributed by atoms with E-state index in [2.05, 4.69) is 34.4 Å². The van der Waals surface area contributed by atoms with Crippen molar-refractivity contribution < 1.29 is 33.8 Å². The fourth-order valence-corrected chi connectivity index (χ4v) is 7.93. The van der Waals surface area contributed by atoms with Gasteiger partial charge in [0.2, 0.25) is 17.7 Å². The zero-order valence-corrected chi connectivity index (χ0v) is 27.8. The van der Waals surface area contributed by atoms with Crippen molar-refractivity contribution in [1.29, 1.82) is 0 Å². The Morgan fingerprint density at radius 1 is 1.20 bits per heavy atom. The molecule has 10 nitrogen and oxygen atoms in total. The third kappa shape index (κ3) is 7.20. The highest BCUT2D eigenvalue weighted by Crippen LogP contribution is 2.60. The summed E-state index contributed by atoms with van der Waals surface area (Å²) in [7, 11) is 0. The van der Waals surface area contributed by atoms with Gasteiger partial charge in [-0.1, -0.05) is 58.4 Å². The first-order valence-electron chi connectivity index (χ1n) is 15.9. The Morgan fingerprint density at radius 2 is 1.93 bits per heavy atom. The molecule has 3 aliphatic rings. The molecule has 3 aliphatic heterocycles. The fraction of sp³-hybridized carbons (Fsp3) is 0.588. The van der Waals surface area contributed by atoms with E-state index in [9.17, 15) is 24.3 Å². The molecule has 1 unspecified atom stereocenters. The molecular formula is C34H46BrN3O7. The Labute approximate surface area is 274 Å². The minimum Gasteiger partial charge on any atom is -0.455 e. The number of nitrogens with one attached hydrogen (secondary N) is 1. The molecule has 4 rings (SSSR count). The van der Waals surface area contributed by atoms with Crippen LogP contribution in [-0.2, 0) is 28.7 Å². The third-order valence-electron chi connectivity index (χ3n) is 9.07. The molecule has 0 aliphatic carbocycles. The largest absolute Gasteiger partial charge is 0.455 e. The predicted octanol–water partition coefficient (Wildman–Crippen LogP) is 3.69. The van der Waals surface area contributed by atoms with Gasteiger partial charge in [-0.05, 0) is 51.5 Å². The van der Waals surface area contributed by atoms with Crippen LogP contribution in [0.4, 0.5) is 0 Å². The summed E-state index contributed by atoms with van der Waals surface area (Å²) < 4.78 is 12.7. The number of benzene rings is 1. The van der Waals surface area contributed by atoms with Crippen molar-refractivity contribution in [2.24, 2.45) is 11.8 Å². The number of aliphatic hydroxyl groups excluding tert-OH is 1. The summed E-state index contributed by atoms with van der Waals surface area (Å²) in [6.45, 7) is 12.0. The van der Waals surface area contributed by atoms with E-state index in [4.69, 9.17) is 9.47 Å². The van der Waals surface area contributed by atoms with Gasteiger partial charge in [-0.3, -0.25) is 19.2 Å². The number of hydrogen-bond donors (Lipinski definition) is 2. The fourth-order valence-electron chi connectivity index (χ4n) is 6.98. The molecule has 3 fully saturated rings. The van der Waals surface area contributed by atoms with Crippen LogP contribution in [0.25, 0.3) is 0 Å². The zero-order valence-electron chi connectivity index (χ0n) is 26.2. The van der Waals surface area contributed by atoms with E-state index in [0.717, 1.165) is 0 Å². The number of carbonyl (C=O) groups excluding carboxylic acids is 4. The van der Waals surface area contributed by atoms with Crippen molar-refractivity contribution in [3.8, 4) is 0 Å². The number of amides is 3. The van der Waals surface area contributed by atoms with Crippen LogP contribution in [-0.4, -0.2) is 93.5 Å². The van der Waals surface area contributed by atoms with Gasteiger partial charge in [-0.15, -0.1) is 13.2 Å². The number of hydrogen-bond acceptors (Lipinski definition) is 7. The van der Waals surface area contributed by atoms with E-state index in [1.54, 1.807) is 22.0 Å². The average Bonchev–Trinajstić information content (AvgIpc) is 3.62. The van der Waals surface area contributed by atoms with Crippen molar-refractivity contribution in [2.45, 2.75) is 87.1 Å². The molecule has 0 radical (unpaired) electrons. The summed E-state index contributed by atoms with van der Waals surface area (Å²) in [6.07, 6.45) is 4.94. The van der Waals surface area contributed by atoms with E-state index in [1.807, 2.05) is 44.2 Å². The van der Waals surface area contributed by atoms with E-state index in [-0.39, 0.29) is 48.2 Å². The molecule has 7 atom stereocenters. The number of ether oxygens (including phenoxy) is 2. The predicted molar refractivity (Wildman–Crippen MR) is 173 cm³/mol. The number of rotatable bonds is 17. The molecular weight excluding hydrogens is 642 g/mol. The normalized spacial score (nSPS) is 27.3.